The number of amides is 1. The molecule has 1 aliphatic carbocycles. The zero-order valence-corrected chi connectivity index (χ0v) is 13.2. The molecular formula is C16H29NO3. The summed E-state index contributed by atoms with van der Waals surface area (Å²) in [7, 11) is 0. The van der Waals surface area contributed by atoms with Crippen molar-refractivity contribution < 1.29 is 14.7 Å². The van der Waals surface area contributed by atoms with Crippen LogP contribution in [0.15, 0.2) is 0 Å². The van der Waals surface area contributed by atoms with E-state index >= 15 is 0 Å². The molecule has 3 unspecified atom stereocenters. The zero-order chi connectivity index (χ0) is 15.3. The maximum Gasteiger partial charge on any atom is 0.310 e. The number of carbonyl (C=O) groups is 2. The second-order valence-corrected chi connectivity index (χ2v) is 6.76. The van der Waals surface area contributed by atoms with E-state index < -0.39 is 11.4 Å². The summed E-state index contributed by atoms with van der Waals surface area (Å²) >= 11 is 0. The molecule has 0 radical (unpaired) electrons. The van der Waals surface area contributed by atoms with Crippen LogP contribution >= 0.6 is 0 Å². The molecule has 116 valence electrons. The average molecular weight is 283 g/mol. The predicted molar refractivity (Wildman–Crippen MR) is 79.4 cm³/mol. The summed E-state index contributed by atoms with van der Waals surface area (Å²) in [6.07, 6.45) is 5.69. The Labute approximate surface area is 122 Å². The largest absolute Gasteiger partial charge is 0.481 e. The Balaban J connectivity index is 2.56. The fourth-order valence-electron chi connectivity index (χ4n) is 2.93. The first kappa shape index (κ1) is 17.0. The Morgan fingerprint density at radius 3 is 2.50 bits per heavy atom. The lowest BCUT2D eigenvalue weighted by Crippen LogP contribution is -2.43. The number of carbonyl (C=O) groups excluding carboxylic acids is 1. The summed E-state index contributed by atoms with van der Waals surface area (Å²) in [5, 5.41) is 12.4. The second-order valence-electron chi connectivity index (χ2n) is 6.76. The molecule has 3 atom stereocenters. The van der Waals surface area contributed by atoms with E-state index in [4.69, 9.17) is 0 Å². The number of nitrogens with one attached hydrogen (secondary N) is 1. The number of carboxylic acids is 1. The molecule has 1 fully saturated rings. The first-order valence-corrected chi connectivity index (χ1v) is 7.82. The van der Waals surface area contributed by atoms with E-state index in [1.165, 1.54) is 6.42 Å². The monoisotopic (exact) mass is 283 g/mol. The summed E-state index contributed by atoms with van der Waals surface area (Å²) in [4.78, 5) is 23.6. The van der Waals surface area contributed by atoms with Gasteiger partial charge < -0.3 is 10.4 Å². The number of hydrogen-bond donors (Lipinski definition) is 2. The molecule has 0 aromatic carbocycles. The summed E-state index contributed by atoms with van der Waals surface area (Å²) in [6, 6.07) is 0.228. The molecule has 0 aromatic heterocycles. The van der Waals surface area contributed by atoms with Crippen LogP contribution in [0.5, 0.6) is 0 Å². The van der Waals surface area contributed by atoms with Gasteiger partial charge in [-0.1, -0.05) is 40.0 Å². The van der Waals surface area contributed by atoms with Crippen LogP contribution in [0.3, 0.4) is 0 Å². The average Bonchev–Trinajstić information content (AvgIpc) is 2.38. The van der Waals surface area contributed by atoms with Gasteiger partial charge in [-0.15, -0.1) is 0 Å². The van der Waals surface area contributed by atoms with Gasteiger partial charge in [-0.3, -0.25) is 9.59 Å². The van der Waals surface area contributed by atoms with Gasteiger partial charge in [0.25, 0.3) is 0 Å². The topological polar surface area (TPSA) is 66.4 Å². The van der Waals surface area contributed by atoms with Gasteiger partial charge in [0.05, 0.1) is 5.41 Å². The third-order valence-electron chi connectivity index (χ3n) is 5.02. The second kappa shape index (κ2) is 7.09. The molecular weight excluding hydrogens is 254 g/mol. The summed E-state index contributed by atoms with van der Waals surface area (Å²) in [5.74, 6) is -0.381. The highest BCUT2D eigenvalue weighted by molar-refractivity contribution is 5.85. The molecule has 0 saturated heterocycles. The molecule has 4 nitrogen and oxygen atoms in total. The zero-order valence-electron chi connectivity index (χ0n) is 13.2. The first-order chi connectivity index (χ1) is 9.29. The van der Waals surface area contributed by atoms with Gasteiger partial charge in [-0.2, -0.15) is 0 Å². The normalized spacial score (nSPS) is 26.1. The highest BCUT2D eigenvalue weighted by atomic mass is 16.4. The highest BCUT2D eigenvalue weighted by Crippen LogP contribution is 2.32. The summed E-state index contributed by atoms with van der Waals surface area (Å²) < 4.78 is 0. The van der Waals surface area contributed by atoms with Crippen LogP contribution in [0.25, 0.3) is 0 Å². The van der Waals surface area contributed by atoms with E-state index in [9.17, 15) is 14.7 Å². The van der Waals surface area contributed by atoms with Crippen LogP contribution in [-0.2, 0) is 9.59 Å². The van der Waals surface area contributed by atoms with Crippen LogP contribution < -0.4 is 5.32 Å². The first-order valence-electron chi connectivity index (χ1n) is 7.82. The molecule has 0 aliphatic heterocycles. The Morgan fingerprint density at radius 1 is 1.35 bits per heavy atom. The Hall–Kier alpha value is -1.06. The Morgan fingerprint density at radius 2 is 2.00 bits per heavy atom. The fraction of sp³-hybridized carbons (Fsp3) is 0.875. The van der Waals surface area contributed by atoms with Crippen molar-refractivity contribution in [1.82, 2.24) is 5.32 Å². The summed E-state index contributed by atoms with van der Waals surface area (Å²) in [5.41, 5.74) is -0.983. The van der Waals surface area contributed by atoms with Gasteiger partial charge in [-0.25, -0.2) is 0 Å². The molecule has 0 spiro atoms. The fourth-order valence-corrected chi connectivity index (χ4v) is 2.93. The molecule has 4 heteroatoms. The van der Waals surface area contributed by atoms with Crippen molar-refractivity contribution in [2.75, 3.05) is 0 Å². The minimum Gasteiger partial charge on any atom is -0.481 e. The van der Waals surface area contributed by atoms with Crippen molar-refractivity contribution in [1.29, 1.82) is 0 Å². The number of aliphatic carboxylic acids is 1. The SMILES string of the molecule is CCC1CCCC(NC(=O)CC(C)(C(=O)O)C(C)C)C1. The third kappa shape index (κ3) is 4.22. The maximum atomic E-state index is 12.2. The molecule has 1 rings (SSSR count). The lowest BCUT2D eigenvalue weighted by Gasteiger charge is -2.32. The quantitative estimate of drug-likeness (QED) is 0.786. The minimum absolute atomic E-state index is 0.0628. The van der Waals surface area contributed by atoms with Crippen LogP contribution in [0.2, 0.25) is 0 Å². The number of hydrogen-bond acceptors (Lipinski definition) is 2. The van der Waals surface area contributed by atoms with Crippen molar-refractivity contribution in [3.05, 3.63) is 0 Å². The van der Waals surface area contributed by atoms with Crippen molar-refractivity contribution in [3.63, 3.8) is 0 Å². The minimum atomic E-state index is -0.983. The van der Waals surface area contributed by atoms with Gasteiger partial charge in [0.15, 0.2) is 0 Å². The van der Waals surface area contributed by atoms with Crippen LogP contribution in [-0.4, -0.2) is 23.0 Å². The molecule has 0 bridgehead atoms. The lowest BCUT2D eigenvalue weighted by atomic mass is 9.76. The molecule has 1 aliphatic rings. The molecule has 2 N–H and O–H groups in total. The van der Waals surface area contributed by atoms with Crippen LogP contribution in [0.1, 0.15) is 66.2 Å². The van der Waals surface area contributed by atoms with E-state index in [1.54, 1.807) is 6.92 Å². The van der Waals surface area contributed by atoms with E-state index in [0.29, 0.717) is 5.92 Å². The standard InChI is InChI=1S/C16H29NO3/c1-5-12-7-6-8-13(9-12)17-14(18)10-16(4,11(2)3)15(19)20/h11-13H,5-10H2,1-4H3,(H,17,18)(H,19,20). The van der Waals surface area contributed by atoms with E-state index in [0.717, 1.165) is 25.7 Å². The van der Waals surface area contributed by atoms with Crippen LogP contribution in [0.4, 0.5) is 0 Å². The molecule has 1 saturated carbocycles. The summed E-state index contributed by atoms with van der Waals surface area (Å²) in [6.45, 7) is 7.56. The molecule has 0 aromatic rings. The van der Waals surface area contributed by atoms with Crippen molar-refractivity contribution in [2.45, 2.75) is 72.3 Å². The van der Waals surface area contributed by atoms with Gasteiger partial charge in [0.2, 0.25) is 5.91 Å². The predicted octanol–water partition coefficient (Wildman–Crippen LogP) is 3.21. The highest BCUT2D eigenvalue weighted by Gasteiger charge is 2.39. The van der Waals surface area contributed by atoms with Gasteiger partial charge >= 0.3 is 5.97 Å². The van der Waals surface area contributed by atoms with Gasteiger partial charge in [0, 0.05) is 12.5 Å². The Kier molecular flexibility index (Phi) is 6.03. The number of carboxylic acid groups (broad SMARTS) is 1. The van der Waals surface area contributed by atoms with E-state index in [-0.39, 0.29) is 24.3 Å². The van der Waals surface area contributed by atoms with Gasteiger partial charge in [-0.05, 0) is 31.6 Å². The maximum absolute atomic E-state index is 12.2. The number of rotatable bonds is 6. The third-order valence-corrected chi connectivity index (χ3v) is 5.02. The molecule has 1 amide bonds. The smallest absolute Gasteiger partial charge is 0.310 e. The van der Waals surface area contributed by atoms with Crippen molar-refractivity contribution in [3.8, 4) is 0 Å². The van der Waals surface area contributed by atoms with Crippen molar-refractivity contribution >= 4 is 11.9 Å². The van der Waals surface area contributed by atoms with Crippen molar-refractivity contribution in [2.24, 2.45) is 17.3 Å². The molecule has 0 heterocycles. The molecule has 20 heavy (non-hydrogen) atoms. The van der Waals surface area contributed by atoms with E-state index in [1.807, 2.05) is 13.8 Å². The van der Waals surface area contributed by atoms with E-state index in [2.05, 4.69) is 12.2 Å². The van der Waals surface area contributed by atoms with Gasteiger partial charge in [0.1, 0.15) is 0 Å². The van der Waals surface area contributed by atoms with Crippen LogP contribution in [0, 0.1) is 17.3 Å². The Bertz CT molecular complexity index is 354. The lowest BCUT2D eigenvalue weighted by molar-refractivity contribution is -0.153.